The minimum atomic E-state index is 1.22. The molecule has 0 fully saturated rings. The first-order valence-electron chi connectivity index (χ1n) is 4.32. The van der Waals surface area contributed by atoms with Gasteiger partial charge in [0.05, 0.1) is 0 Å². The molecule has 0 atom stereocenters. The monoisotopic (exact) mass is 148 g/mol. The van der Waals surface area contributed by atoms with E-state index >= 15 is 0 Å². The molecule has 0 spiro atoms. The van der Waals surface area contributed by atoms with E-state index in [9.17, 15) is 0 Å². The van der Waals surface area contributed by atoms with Crippen molar-refractivity contribution in [2.45, 2.75) is 40.0 Å². The van der Waals surface area contributed by atoms with E-state index in [1.807, 2.05) is 13.0 Å². The highest BCUT2D eigenvalue weighted by atomic mass is 14.1. The molecule has 0 heterocycles. The molecule has 0 aromatic heterocycles. The molecule has 0 amide bonds. The Labute approximate surface area is 69.3 Å². The molecule has 0 radical (unpaired) electrons. The average molecular weight is 148 g/mol. The number of hydrogen-bond acceptors (Lipinski definition) is 0. The van der Waals surface area contributed by atoms with Gasteiger partial charge in [-0.1, -0.05) is 5.57 Å². The van der Waals surface area contributed by atoms with Gasteiger partial charge in [-0.2, -0.15) is 0 Å². The molecule has 0 heteroatoms. The number of allylic oxidation sites excluding steroid dienone is 3. The fourth-order valence-electron chi connectivity index (χ4n) is 1.52. The fraction of sp³-hybridized carbons (Fsp3) is 0.545. The first-order valence-corrected chi connectivity index (χ1v) is 4.32. The van der Waals surface area contributed by atoms with Crippen molar-refractivity contribution in [3.63, 3.8) is 0 Å². The summed E-state index contributed by atoms with van der Waals surface area (Å²) in [6.07, 6.45) is 5.81. The lowest BCUT2D eigenvalue weighted by molar-refractivity contribution is 0.764. The Balaban J connectivity index is 3.01. The maximum atomic E-state index is 3.30. The molecule has 0 saturated carbocycles. The van der Waals surface area contributed by atoms with Crippen molar-refractivity contribution in [2.75, 3.05) is 0 Å². The van der Waals surface area contributed by atoms with E-state index < -0.39 is 0 Å². The van der Waals surface area contributed by atoms with Crippen LogP contribution in [0.2, 0.25) is 0 Å². The summed E-state index contributed by atoms with van der Waals surface area (Å²) in [6, 6.07) is 0. The van der Waals surface area contributed by atoms with Gasteiger partial charge in [0.25, 0.3) is 0 Å². The molecule has 0 N–H and O–H groups in total. The second-order valence-corrected chi connectivity index (χ2v) is 3.17. The van der Waals surface area contributed by atoms with E-state index in [4.69, 9.17) is 0 Å². The third-order valence-electron chi connectivity index (χ3n) is 2.39. The highest BCUT2D eigenvalue weighted by Gasteiger charge is 2.08. The molecule has 0 saturated heterocycles. The van der Waals surface area contributed by atoms with Crippen LogP contribution < -0.4 is 0 Å². The molecule has 60 valence electrons. The van der Waals surface area contributed by atoms with Crippen LogP contribution in [0.4, 0.5) is 0 Å². The Morgan fingerprint density at radius 1 is 1.27 bits per heavy atom. The highest BCUT2D eigenvalue weighted by Crippen LogP contribution is 2.27. The zero-order valence-electron chi connectivity index (χ0n) is 7.70. The number of hydrogen-bond donors (Lipinski definition) is 0. The third-order valence-corrected chi connectivity index (χ3v) is 2.39. The predicted molar refractivity (Wildman–Crippen MR) is 49.5 cm³/mol. The van der Waals surface area contributed by atoms with Crippen molar-refractivity contribution in [1.29, 1.82) is 0 Å². The summed E-state index contributed by atoms with van der Waals surface area (Å²) in [6.45, 7) is 6.47. The van der Waals surface area contributed by atoms with Gasteiger partial charge in [-0.25, -0.2) is 0 Å². The van der Waals surface area contributed by atoms with Crippen LogP contribution in [0.15, 0.2) is 28.5 Å². The molecular formula is C11H16. The van der Waals surface area contributed by atoms with Crippen molar-refractivity contribution in [3.05, 3.63) is 28.5 Å². The summed E-state index contributed by atoms with van der Waals surface area (Å²) in [5, 5.41) is 0. The van der Waals surface area contributed by atoms with Gasteiger partial charge in [-0.05, 0) is 57.3 Å². The van der Waals surface area contributed by atoms with Gasteiger partial charge in [0.15, 0.2) is 0 Å². The fourth-order valence-corrected chi connectivity index (χ4v) is 1.52. The molecule has 0 bridgehead atoms. The van der Waals surface area contributed by atoms with Crippen molar-refractivity contribution in [1.82, 2.24) is 0 Å². The van der Waals surface area contributed by atoms with E-state index in [1.54, 1.807) is 5.57 Å². The van der Waals surface area contributed by atoms with Gasteiger partial charge >= 0.3 is 0 Å². The Hall–Kier alpha value is -0.740. The van der Waals surface area contributed by atoms with Crippen LogP contribution in [0.5, 0.6) is 0 Å². The Bertz CT molecular complexity index is 235. The van der Waals surface area contributed by atoms with E-state index in [1.165, 1.54) is 30.4 Å². The molecule has 0 aromatic rings. The lowest BCUT2D eigenvalue weighted by Crippen LogP contribution is -1.96. The third kappa shape index (κ3) is 1.85. The zero-order chi connectivity index (χ0) is 8.27. The standard InChI is InChI=1S/C11H16/c1-4-6-11-8-5-7-9(2)10(11)3/h4H,5,7-8H2,1-3H3. The smallest absolute Gasteiger partial charge is 0.00351 e. The largest absolute Gasteiger partial charge is 0.122 e. The van der Waals surface area contributed by atoms with Crippen LogP contribution in [0, 0.1) is 0 Å². The Morgan fingerprint density at radius 3 is 2.64 bits per heavy atom. The van der Waals surface area contributed by atoms with Gasteiger partial charge in [-0.3, -0.25) is 0 Å². The summed E-state index contributed by atoms with van der Waals surface area (Å²) in [5.74, 6) is 0. The molecule has 0 nitrogen and oxygen atoms in total. The Morgan fingerprint density at radius 2 is 2.00 bits per heavy atom. The highest BCUT2D eigenvalue weighted by molar-refractivity contribution is 5.34. The van der Waals surface area contributed by atoms with Gasteiger partial charge in [-0.15, -0.1) is 5.73 Å². The van der Waals surface area contributed by atoms with E-state index in [0.717, 1.165) is 0 Å². The molecule has 0 unspecified atom stereocenters. The summed E-state index contributed by atoms with van der Waals surface area (Å²) >= 11 is 0. The minimum Gasteiger partial charge on any atom is -0.122 e. The van der Waals surface area contributed by atoms with Gasteiger partial charge in [0.1, 0.15) is 0 Å². The van der Waals surface area contributed by atoms with Gasteiger partial charge < -0.3 is 0 Å². The maximum absolute atomic E-state index is 3.30. The predicted octanol–water partition coefficient (Wildman–Crippen LogP) is 3.61. The van der Waals surface area contributed by atoms with Gasteiger partial charge in [0, 0.05) is 0 Å². The lowest BCUT2D eigenvalue weighted by atomic mass is 9.90. The van der Waals surface area contributed by atoms with Crippen molar-refractivity contribution in [2.24, 2.45) is 0 Å². The van der Waals surface area contributed by atoms with E-state index in [0.29, 0.717) is 0 Å². The molecule has 0 aromatic carbocycles. The van der Waals surface area contributed by atoms with Crippen molar-refractivity contribution < 1.29 is 0 Å². The molecule has 1 rings (SSSR count). The first-order chi connectivity index (χ1) is 5.25. The molecular weight excluding hydrogens is 132 g/mol. The zero-order valence-corrected chi connectivity index (χ0v) is 7.70. The van der Waals surface area contributed by atoms with Crippen LogP contribution in [0.1, 0.15) is 40.0 Å². The van der Waals surface area contributed by atoms with Crippen molar-refractivity contribution in [3.8, 4) is 0 Å². The molecule has 1 aliphatic rings. The van der Waals surface area contributed by atoms with Gasteiger partial charge in [0.2, 0.25) is 0 Å². The first kappa shape index (κ1) is 8.36. The van der Waals surface area contributed by atoms with E-state index in [2.05, 4.69) is 19.6 Å². The summed E-state index contributed by atoms with van der Waals surface area (Å²) in [7, 11) is 0. The summed E-state index contributed by atoms with van der Waals surface area (Å²) < 4.78 is 0. The number of rotatable bonds is 0. The topological polar surface area (TPSA) is 0 Å². The average Bonchev–Trinajstić information content (AvgIpc) is 1.99. The molecule has 1 aliphatic carbocycles. The SMILES string of the molecule is CC=C=C1CCCC(C)=C1C. The van der Waals surface area contributed by atoms with E-state index in [-0.39, 0.29) is 0 Å². The summed E-state index contributed by atoms with van der Waals surface area (Å²) in [4.78, 5) is 0. The molecule has 0 aliphatic heterocycles. The van der Waals surface area contributed by atoms with Crippen LogP contribution >= 0.6 is 0 Å². The minimum absolute atomic E-state index is 1.22. The quantitative estimate of drug-likeness (QED) is 0.460. The van der Waals surface area contributed by atoms with Crippen LogP contribution in [-0.2, 0) is 0 Å². The van der Waals surface area contributed by atoms with Crippen LogP contribution in [-0.4, -0.2) is 0 Å². The second-order valence-electron chi connectivity index (χ2n) is 3.17. The molecule has 11 heavy (non-hydrogen) atoms. The lowest BCUT2D eigenvalue weighted by Gasteiger charge is -2.15. The normalized spacial score (nSPS) is 18.3. The van der Waals surface area contributed by atoms with Crippen LogP contribution in [0.25, 0.3) is 0 Å². The summed E-state index contributed by atoms with van der Waals surface area (Å²) in [5.41, 5.74) is 7.72. The second kappa shape index (κ2) is 3.59. The van der Waals surface area contributed by atoms with Crippen LogP contribution in [0.3, 0.4) is 0 Å². The Kier molecular flexibility index (Phi) is 2.73. The maximum Gasteiger partial charge on any atom is -0.00351 e. The van der Waals surface area contributed by atoms with Crippen molar-refractivity contribution >= 4 is 0 Å².